The molecule has 33 heavy (non-hydrogen) atoms. The maximum absolute atomic E-state index is 14.5. The Morgan fingerprint density at radius 1 is 1.21 bits per heavy atom. The number of primary sulfonamides is 1. The van der Waals surface area contributed by atoms with E-state index in [1.165, 1.54) is 6.07 Å². The van der Waals surface area contributed by atoms with Gasteiger partial charge in [0.15, 0.2) is 11.6 Å². The molecule has 0 saturated carbocycles. The maximum Gasteiger partial charge on any atom is 0.238 e. The number of likely N-dealkylation sites (N-methyl/N-ethyl adjacent to an activating group) is 1. The molecule has 1 aliphatic rings. The first-order valence-electron chi connectivity index (χ1n) is 10.3. The van der Waals surface area contributed by atoms with E-state index in [1.54, 1.807) is 25.1 Å². The first-order chi connectivity index (χ1) is 15.7. The van der Waals surface area contributed by atoms with Crippen LogP contribution in [0.2, 0.25) is 0 Å². The molecule has 1 fully saturated rings. The summed E-state index contributed by atoms with van der Waals surface area (Å²) in [6.45, 7) is 3.42. The zero-order valence-corrected chi connectivity index (χ0v) is 19.1. The third kappa shape index (κ3) is 5.56. The van der Waals surface area contributed by atoms with Gasteiger partial charge >= 0.3 is 0 Å². The molecule has 0 spiro atoms. The van der Waals surface area contributed by atoms with Gasteiger partial charge in [0, 0.05) is 18.8 Å². The van der Waals surface area contributed by atoms with Gasteiger partial charge in [0.2, 0.25) is 16.0 Å². The summed E-state index contributed by atoms with van der Waals surface area (Å²) in [4.78, 5) is 10.3. The molecule has 1 unspecified atom stereocenters. The van der Waals surface area contributed by atoms with Crippen LogP contribution in [0.15, 0.2) is 53.6 Å². The maximum atomic E-state index is 14.5. The number of aryl methyl sites for hydroxylation is 1. The second-order valence-electron chi connectivity index (χ2n) is 7.95. The first-order valence-corrected chi connectivity index (χ1v) is 11.9. The highest BCUT2D eigenvalue weighted by Gasteiger charge is 2.22. The Kier molecular flexibility index (Phi) is 6.45. The number of benzene rings is 2. The van der Waals surface area contributed by atoms with Crippen LogP contribution in [0.3, 0.4) is 0 Å². The van der Waals surface area contributed by atoms with Crippen LogP contribution in [0.4, 0.5) is 27.5 Å². The highest BCUT2D eigenvalue weighted by atomic mass is 32.2. The van der Waals surface area contributed by atoms with Gasteiger partial charge in [0.1, 0.15) is 11.9 Å². The topological polar surface area (TPSA) is 122 Å². The van der Waals surface area contributed by atoms with Crippen LogP contribution in [0, 0.1) is 12.7 Å². The average Bonchev–Trinajstić information content (AvgIpc) is 3.17. The molecule has 4 rings (SSSR count). The van der Waals surface area contributed by atoms with Gasteiger partial charge in [-0.25, -0.2) is 22.9 Å². The molecule has 0 bridgehead atoms. The van der Waals surface area contributed by atoms with Crippen molar-refractivity contribution in [1.29, 1.82) is 0 Å². The molecule has 0 amide bonds. The summed E-state index contributed by atoms with van der Waals surface area (Å²) in [5.74, 6) is -0.0171. The highest BCUT2D eigenvalue weighted by molar-refractivity contribution is 7.89. The number of anilines is 4. The van der Waals surface area contributed by atoms with E-state index < -0.39 is 15.8 Å². The van der Waals surface area contributed by atoms with Crippen LogP contribution in [-0.2, 0) is 10.0 Å². The lowest BCUT2D eigenvalue weighted by Gasteiger charge is -2.18. The molecule has 174 valence electrons. The summed E-state index contributed by atoms with van der Waals surface area (Å²) >= 11 is 0. The van der Waals surface area contributed by atoms with Gasteiger partial charge < -0.3 is 20.3 Å². The Morgan fingerprint density at radius 2 is 2.00 bits per heavy atom. The van der Waals surface area contributed by atoms with E-state index in [2.05, 4.69) is 25.5 Å². The van der Waals surface area contributed by atoms with Crippen molar-refractivity contribution in [2.75, 3.05) is 30.8 Å². The van der Waals surface area contributed by atoms with Crippen molar-refractivity contribution in [3.05, 3.63) is 60.0 Å². The molecule has 0 radical (unpaired) electrons. The van der Waals surface area contributed by atoms with E-state index in [-0.39, 0.29) is 22.8 Å². The number of nitrogens with zero attached hydrogens (tertiary/aromatic N) is 3. The van der Waals surface area contributed by atoms with Crippen LogP contribution in [0.1, 0.15) is 12.0 Å². The Balaban J connectivity index is 1.56. The van der Waals surface area contributed by atoms with Crippen molar-refractivity contribution >= 4 is 33.2 Å². The van der Waals surface area contributed by atoms with E-state index in [4.69, 9.17) is 9.88 Å². The van der Waals surface area contributed by atoms with Crippen LogP contribution in [0.5, 0.6) is 5.75 Å². The van der Waals surface area contributed by atoms with Crippen LogP contribution in [-0.4, -0.2) is 49.5 Å². The average molecular weight is 473 g/mol. The van der Waals surface area contributed by atoms with Crippen molar-refractivity contribution < 1.29 is 17.5 Å². The summed E-state index contributed by atoms with van der Waals surface area (Å²) in [7, 11) is -1.85. The minimum Gasteiger partial charge on any atom is -0.487 e. The quantitative estimate of drug-likeness (QED) is 0.479. The van der Waals surface area contributed by atoms with Crippen molar-refractivity contribution in [2.45, 2.75) is 24.3 Å². The molecule has 4 N–H and O–H groups in total. The monoisotopic (exact) mass is 472 g/mol. The minimum atomic E-state index is -3.89. The number of aromatic nitrogens is 2. The lowest BCUT2D eigenvalue weighted by Crippen LogP contribution is -2.21. The van der Waals surface area contributed by atoms with Crippen LogP contribution in [0.25, 0.3) is 0 Å². The normalized spacial score (nSPS) is 16.5. The second kappa shape index (κ2) is 9.30. The van der Waals surface area contributed by atoms with Crippen LogP contribution < -0.4 is 20.5 Å². The predicted molar refractivity (Wildman–Crippen MR) is 124 cm³/mol. The molecule has 2 aromatic carbocycles. The standard InChI is InChI=1S/C22H25FN6O3S/c1-14-7-8-15(11-20(14)33(24,30)31)26-22-25-12-17(23)21(28-22)27-18-5-3-4-6-19(18)32-16-9-10-29(2)13-16/h3-8,11-12,16H,9-10,13H2,1-2H3,(H2,24,30,31)(H2,25,26,27,28). The third-order valence-corrected chi connectivity index (χ3v) is 6.33. The number of likely N-dealkylation sites (tertiary alicyclic amines) is 1. The fraction of sp³-hybridized carbons (Fsp3) is 0.273. The first kappa shape index (κ1) is 22.9. The molecule has 1 atom stereocenters. The van der Waals surface area contributed by atoms with Gasteiger partial charge in [-0.15, -0.1) is 0 Å². The van der Waals surface area contributed by atoms with Crippen LogP contribution >= 0.6 is 0 Å². The number of hydrogen-bond acceptors (Lipinski definition) is 8. The lowest BCUT2D eigenvalue weighted by molar-refractivity contribution is 0.209. The molecule has 11 heteroatoms. The van der Waals surface area contributed by atoms with E-state index in [0.29, 0.717) is 22.7 Å². The fourth-order valence-electron chi connectivity index (χ4n) is 3.60. The Bertz CT molecular complexity index is 1270. The Labute approximate surface area is 191 Å². The Morgan fingerprint density at radius 3 is 2.73 bits per heavy atom. The number of rotatable bonds is 7. The van der Waals surface area contributed by atoms with Gasteiger partial charge in [-0.2, -0.15) is 4.98 Å². The molecule has 9 nitrogen and oxygen atoms in total. The molecule has 3 aromatic rings. The molecule has 1 aliphatic heterocycles. The van der Waals surface area contributed by atoms with Gasteiger partial charge in [-0.3, -0.25) is 0 Å². The lowest BCUT2D eigenvalue weighted by atomic mass is 10.2. The molecular weight excluding hydrogens is 447 g/mol. The van der Waals surface area contributed by atoms with Crippen molar-refractivity contribution in [1.82, 2.24) is 14.9 Å². The van der Waals surface area contributed by atoms with Crippen molar-refractivity contribution in [3.8, 4) is 5.75 Å². The van der Waals surface area contributed by atoms with Gasteiger partial charge in [-0.1, -0.05) is 18.2 Å². The predicted octanol–water partition coefficient (Wildman–Crippen LogP) is 3.14. The Hall–Kier alpha value is -3.28. The molecule has 1 saturated heterocycles. The molecule has 1 aromatic heterocycles. The van der Waals surface area contributed by atoms with Gasteiger partial charge in [-0.05, 0) is 50.2 Å². The van der Waals surface area contributed by atoms with E-state index >= 15 is 0 Å². The summed E-state index contributed by atoms with van der Waals surface area (Å²) in [6, 6.07) is 11.9. The fourth-order valence-corrected chi connectivity index (χ4v) is 4.41. The largest absolute Gasteiger partial charge is 0.487 e. The summed E-state index contributed by atoms with van der Waals surface area (Å²) in [5.41, 5.74) is 1.48. The number of sulfonamides is 1. The minimum absolute atomic E-state index is 0.0170. The van der Waals surface area contributed by atoms with Crippen molar-refractivity contribution in [3.63, 3.8) is 0 Å². The number of hydrogen-bond donors (Lipinski definition) is 3. The summed E-state index contributed by atoms with van der Waals surface area (Å²) in [5, 5.41) is 11.1. The zero-order valence-electron chi connectivity index (χ0n) is 18.2. The van der Waals surface area contributed by atoms with E-state index in [0.717, 1.165) is 25.7 Å². The smallest absolute Gasteiger partial charge is 0.238 e. The highest BCUT2D eigenvalue weighted by Crippen LogP contribution is 2.30. The summed E-state index contributed by atoms with van der Waals surface area (Å²) in [6.07, 6.45) is 2.00. The molecular formula is C22H25FN6O3S. The van der Waals surface area contributed by atoms with Gasteiger partial charge in [0.05, 0.1) is 16.8 Å². The SMILES string of the molecule is Cc1ccc(Nc2ncc(F)c(Nc3ccccc3OC3CCN(C)C3)n2)cc1S(N)(=O)=O. The van der Waals surface area contributed by atoms with E-state index in [1.807, 2.05) is 25.2 Å². The zero-order chi connectivity index (χ0) is 23.6. The number of ether oxygens (including phenoxy) is 1. The second-order valence-corrected chi connectivity index (χ2v) is 9.48. The van der Waals surface area contributed by atoms with Crippen molar-refractivity contribution in [2.24, 2.45) is 5.14 Å². The van der Waals surface area contributed by atoms with Gasteiger partial charge in [0.25, 0.3) is 0 Å². The number of para-hydroxylation sites is 2. The molecule has 0 aliphatic carbocycles. The molecule has 2 heterocycles. The third-order valence-electron chi connectivity index (χ3n) is 5.28. The summed E-state index contributed by atoms with van der Waals surface area (Å²) < 4.78 is 44.2. The number of halogens is 1. The van der Waals surface area contributed by atoms with E-state index in [9.17, 15) is 12.8 Å². The number of nitrogens with one attached hydrogen (secondary N) is 2. The number of nitrogens with two attached hydrogens (primary N) is 1.